The summed E-state index contributed by atoms with van der Waals surface area (Å²) in [6.07, 6.45) is 1.73. The van der Waals surface area contributed by atoms with Crippen LogP contribution in [0.3, 0.4) is 0 Å². The molecule has 3 aromatic rings. The number of aromatic amines is 1. The molecular formula is C15H11N3OS2. The van der Waals surface area contributed by atoms with Crippen LogP contribution in [0.1, 0.15) is 21.8 Å². The van der Waals surface area contributed by atoms with Crippen LogP contribution in [-0.4, -0.2) is 9.97 Å². The van der Waals surface area contributed by atoms with Gasteiger partial charge in [-0.1, -0.05) is 0 Å². The van der Waals surface area contributed by atoms with E-state index in [1.807, 2.05) is 30.7 Å². The highest BCUT2D eigenvalue weighted by atomic mass is 32.1. The molecule has 104 valence electrons. The molecule has 0 fully saturated rings. The molecule has 0 atom stereocenters. The van der Waals surface area contributed by atoms with Gasteiger partial charge < -0.3 is 4.98 Å². The first-order valence-corrected chi connectivity index (χ1v) is 8.00. The van der Waals surface area contributed by atoms with Gasteiger partial charge in [0.05, 0.1) is 11.0 Å². The Labute approximate surface area is 129 Å². The summed E-state index contributed by atoms with van der Waals surface area (Å²) in [5, 5.41) is 13.8. The number of hydrogen-bond donors (Lipinski definition) is 1. The van der Waals surface area contributed by atoms with Crippen molar-refractivity contribution in [1.82, 2.24) is 9.97 Å². The van der Waals surface area contributed by atoms with Gasteiger partial charge in [-0.05, 0) is 47.9 Å². The van der Waals surface area contributed by atoms with E-state index in [1.54, 1.807) is 17.4 Å². The summed E-state index contributed by atoms with van der Waals surface area (Å²) < 4.78 is 0. The standard InChI is InChI=1S/C15H11N3OS2/c1-8-9(2)21-15-12(8)14(19)17-13(18-15)11(6-16)5-10-3-4-20-7-10/h3-5,7H,1-2H3,(H,17,18,19)/b11-5+. The molecular weight excluding hydrogens is 302 g/mol. The zero-order valence-electron chi connectivity index (χ0n) is 11.4. The molecule has 3 rings (SSSR count). The Balaban J connectivity index is 2.21. The number of aromatic nitrogens is 2. The van der Waals surface area contributed by atoms with Crippen LogP contribution >= 0.6 is 22.7 Å². The zero-order chi connectivity index (χ0) is 15.0. The summed E-state index contributed by atoms with van der Waals surface area (Å²) in [5.74, 6) is 0.322. The van der Waals surface area contributed by atoms with Gasteiger partial charge >= 0.3 is 0 Å². The van der Waals surface area contributed by atoms with E-state index in [9.17, 15) is 10.1 Å². The predicted molar refractivity (Wildman–Crippen MR) is 87.5 cm³/mol. The molecule has 4 nitrogen and oxygen atoms in total. The number of hydrogen-bond acceptors (Lipinski definition) is 5. The molecule has 0 bridgehead atoms. The van der Waals surface area contributed by atoms with Crippen molar-refractivity contribution in [1.29, 1.82) is 5.26 Å². The van der Waals surface area contributed by atoms with Crippen molar-refractivity contribution in [3.63, 3.8) is 0 Å². The van der Waals surface area contributed by atoms with Gasteiger partial charge in [0.2, 0.25) is 0 Å². The lowest BCUT2D eigenvalue weighted by Gasteiger charge is -1.99. The second-order valence-corrected chi connectivity index (χ2v) is 6.59. The van der Waals surface area contributed by atoms with Gasteiger partial charge in [-0.25, -0.2) is 4.98 Å². The number of fused-ring (bicyclic) bond motifs is 1. The number of aryl methyl sites for hydroxylation is 2. The third kappa shape index (κ3) is 2.42. The van der Waals surface area contributed by atoms with Crippen LogP contribution in [0.4, 0.5) is 0 Å². The Morgan fingerprint density at radius 1 is 1.48 bits per heavy atom. The fraction of sp³-hybridized carbons (Fsp3) is 0.133. The van der Waals surface area contributed by atoms with Crippen molar-refractivity contribution in [2.45, 2.75) is 13.8 Å². The molecule has 0 aliphatic rings. The van der Waals surface area contributed by atoms with Crippen LogP contribution in [0, 0.1) is 25.2 Å². The highest BCUT2D eigenvalue weighted by Crippen LogP contribution is 2.27. The van der Waals surface area contributed by atoms with E-state index in [-0.39, 0.29) is 5.56 Å². The fourth-order valence-corrected chi connectivity index (χ4v) is 3.71. The third-order valence-electron chi connectivity index (χ3n) is 3.27. The minimum absolute atomic E-state index is 0.191. The summed E-state index contributed by atoms with van der Waals surface area (Å²) in [7, 11) is 0. The second kappa shape index (κ2) is 5.28. The van der Waals surface area contributed by atoms with Gasteiger partial charge in [0, 0.05) is 4.88 Å². The van der Waals surface area contributed by atoms with Gasteiger partial charge in [-0.3, -0.25) is 4.79 Å². The fourth-order valence-electron chi connectivity index (χ4n) is 2.06. The monoisotopic (exact) mass is 313 g/mol. The SMILES string of the molecule is Cc1sc2nc(/C(C#N)=C/c3ccsc3)[nH]c(=O)c2c1C. The zero-order valence-corrected chi connectivity index (χ0v) is 13.1. The number of nitrogens with zero attached hydrogens (tertiary/aromatic N) is 2. The van der Waals surface area contributed by atoms with E-state index in [0.29, 0.717) is 21.6 Å². The van der Waals surface area contributed by atoms with Crippen molar-refractivity contribution in [3.05, 3.63) is 49.0 Å². The molecule has 0 aromatic carbocycles. The Bertz CT molecular complexity index is 940. The normalized spacial score (nSPS) is 11.8. The average molecular weight is 313 g/mol. The topological polar surface area (TPSA) is 69.5 Å². The maximum atomic E-state index is 12.2. The van der Waals surface area contributed by atoms with Crippen LogP contribution in [-0.2, 0) is 0 Å². The smallest absolute Gasteiger partial charge is 0.260 e. The second-order valence-electron chi connectivity index (χ2n) is 4.60. The highest BCUT2D eigenvalue weighted by Gasteiger charge is 2.13. The first-order chi connectivity index (χ1) is 10.1. The number of nitrogens with one attached hydrogen (secondary N) is 1. The first-order valence-electron chi connectivity index (χ1n) is 6.24. The molecule has 0 saturated carbocycles. The largest absolute Gasteiger partial charge is 0.305 e. The maximum Gasteiger partial charge on any atom is 0.260 e. The van der Waals surface area contributed by atoms with Crippen LogP contribution in [0.2, 0.25) is 0 Å². The number of rotatable bonds is 2. The molecule has 6 heteroatoms. The van der Waals surface area contributed by atoms with E-state index < -0.39 is 0 Å². The molecule has 0 aliphatic heterocycles. The lowest BCUT2D eigenvalue weighted by Crippen LogP contribution is -2.10. The average Bonchev–Trinajstić information content (AvgIpc) is 3.05. The van der Waals surface area contributed by atoms with Gasteiger partial charge in [0.1, 0.15) is 10.9 Å². The number of nitriles is 1. The molecule has 0 aliphatic carbocycles. The third-order valence-corrected chi connectivity index (χ3v) is 5.07. The van der Waals surface area contributed by atoms with Crippen molar-refractivity contribution in [2.24, 2.45) is 0 Å². The van der Waals surface area contributed by atoms with Crippen molar-refractivity contribution in [2.75, 3.05) is 0 Å². The summed E-state index contributed by atoms with van der Waals surface area (Å²) in [6, 6.07) is 4.02. The predicted octanol–water partition coefficient (Wildman–Crippen LogP) is 3.73. The molecule has 3 heterocycles. The summed E-state index contributed by atoms with van der Waals surface area (Å²) in [4.78, 5) is 21.1. The van der Waals surface area contributed by atoms with E-state index in [1.165, 1.54) is 11.3 Å². The number of H-pyrrole nitrogens is 1. The van der Waals surface area contributed by atoms with Crippen LogP contribution < -0.4 is 5.56 Å². The maximum absolute atomic E-state index is 12.2. The van der Waals surface area contributed by atoms with Crippen molar-refractivity contribution >= 4 is 44.5 Å². The van der Waals surface area contributed by atoms with E-state index in [4.69, 9.17) is 0 Å². The van der Waals surface area contributed by atoms with Crippen LogP contribution in [0.15, 0.2) is 21.6 Å². The lowest BCUT2D eigenvalue weighted by atomic mass is 10.2. The first kappa shape index (κ1) is 13.7. The number of allylic oxidation sites excluding steroid dienone is 1. The Hall–Kier alpha value is -2.23. The molecule has 0 spiro atoms. The summed E-state index contributed by atoms with van der Waals surface area (Å²) in [6.45, 7) is 3.88. The summed E-state index contributed by atoms with van der Waals surface area (Å²) in [5.41, 5.74) is 2.05. The van der Waals surface area contributed by atoms with Crippen molar-refractivity contribution < 1.29 is 0 Å². The van der Waals surface area contributed by atoms with Crippen LogP contribution in [0.5, 0.6) is 0 Å². The Morgan fingerprint density at radius 3 is 2.95 bits per heavy atom. The molecule has 0 saturated heterocycles. The van der Waals surface area contributed by atoms with E-state index in [0.717, 1.165) is 16.0 Å². The van der Waals surface area contributed by atoms with Gasteiger partial charge in [-0.2, -0.15) is 16.6 Å². The highest BCUT2D eigenvalue weighted by molar-refractivity contribution is 7.18. The van der Waals surface area contributed by atoms with Crippen molar-refractivity contribution in [3.8, 4) is 6.07 Å². The molecule has 0 unspecified atom stereocenters. The van der Waals surface area contributed by atoms with Crippen LogP contribution in [0.25, 0.3) is 21.9 Å². The molecule has 0 amide bonds. The van der Waals surface area contributed by atoms with Gasteiger partial charge in [0.25, 0.3) is 5.56 Å². The summed E-state index contributed by atoms with van der Waals surface area (Å²) >= 11 is 3.03. The Kier molecular flexibility index (Phi) is 3.45. The molecule has 3 aromatic heterocycles. The van der Waals surface area contributed by atoms with Gasteiger partial charge in [-0.15, -0.1) is 11.3 Å². The molecule has 1 N–H and O–H groups in total. The molecule has 0 radical (unpaired) electrons. The quantitative estimate of drug-likeness (QED) is 0.733. The Morgan fingerprint density at radius 2 is 2.29 bits per heavy atom. The van der Waals surface area contributed by atoms with E-state index >= 15 is 0 Å². The molecule has 21 heavy (non-hydrogen) atoms. The van der Waals surface area contributed by atoms with E-state index in [2.05, 4.69) is 16.0 Å². The lowest BCUT2D eigenvalue weighted by molar-refractivity contribution is 1.13. The number of thiophene rings is 2. The van der Waals surface area contributed by atoms with Gasteiger partial charge in [0.15, 0.2) is 5.82 Å². The minimum atomic E-state index is -0.191. The minimum Gasteiger partial charge on any atom is -0.305 e.